The highest BCUT2D eigenvalue weighted by Crippen LogP contribution is 2.22. The van der Waals surface area contributed by atoms with Gasteiger partial charge in [0.25, 0.3) is 11.8 Å². The van der Waals surface area contributed by atoms with E-state index in [-0.39, 0.29) is 34.5 Å². The third-order valence-electron chi connectivity index (χ3n) is 3.32. The van der Waals surface area contributed by atoms with Crippen LogP contribution in [0.15, 0.2) is 53.4 Å². The predicted molar refractivity (Wildman–Crippen MR) is 95.7 cm³/mol. The maximum absolute atomic E-state index is 12.1. The highest BCUT2D eigenvalue weighted by Gasteiger charge is 2.15. The molecule has 0 aliphatic heterocycles. The average molecular weight is 381 g/mol. The molecule has 0 bridgehead atoms. The molecule has 0 fully saturated rings. The zero-order chi connectivity index (χ0) is 18.4. The minimum Gasteiger partial charge on any atom is -0.350 e. The SMILES string of the molecule is CS(=O)(=O)c1cc(C(=O)NCCNC(=O)c2ccccc2)ccc1Cl. The lowest BCUT2D eigenvalue weighted by Crippen LogP contribution is -2.34. The third kappa shape index (κ3) is 5.30. The molecule has 2 aromatic carbocycles. The molecule has 0 saturated heterocycles. The van der Waals surface area contributed by atoms with Crippen molar-refractivity contribution >= 4 is 33.3 Å². The van der Waals surface area contributed by atoms with Crippen molar-refractivity contribution in [1.29, 1.82) is 0 Å². The van der Waals surface area contributed by atoms with Crippen LogP contribution in [0.1, 0.15) is 20.7 Å². The average Bonchev–Trinajstić information content (AvgIpc) is 2.58. The number of rotatable bonds is 6. The molecule has 2 aromatic rings. The van der Waals surface area contributed by atoms with Crippen LogP contribution in [0.25, 0.3) is 0 Å². The van der Waals surface area contributed by atoms with Gasteiger partial charge in [-0.1, -0.05) is 29.8 Å². The first-order chi connectivity index (χ1) is 11.8. The number of carbonyl (C=O) groups excluding carboxylic acids is 2. The van der Waals surface area contributed by atoms with Gasteiger partial charge in [-0.3, -0.25) is 9.59 Å². The minimum absolute atomic E-state index is 0.0641. The smallest absolute Gasteiger partial charge is 0.251 e. The predicted octanol–water partition coefficient (Wildman–Crippen LogP) is 1.90. The molecule has 0 unspecified atom stereocenters. The van der Waals surface area contributed by atoms with Gasteiger partial charge in [0.05, 0.1) is 9.92 Å². The van der Waals surface area contributed by atoms with Gasteiger partial charge in [-0.2, -0.15) is 0 Å². The molecular weight excluding hydrogens is 364 g/mol. The third-order valence-corrected chi connectivity index (χ3v) is 4.90. The van der Waals surface area contributed by atoms with Crippen LogP contribution in [-0.2, 0) is 9.84 Å². The zero-order valence-electron chi connectivity index (χ0n) is 13.5. The zero-order valence-corrected chi connectivity index (χ0v) is 15.0. The van der Waals surface area contributed by atoms with E-state index in [1.54, 1.807) is 24.3 Å². The Morgan fingerprint density at radius 2 is 1.48 bits per heavy atom. The largest absolute Gasteiger partial charge is 0.350 e. The van der Waals surface area contributed by atoms with Crippen LogP contribution in [0.4, 0.5) is 0 Å². The fourth-order valence-corrected chi connectivity index (χ4v) is 3.38. The van der Waals surface area contributed by atoms with Gasteiger partial charge in [-0.05, 0) is 30.3 Å². The molecule has 0 aliphatic rings. The summed E-state index contributed by atoms with van der Waals surface area (Å²) < 4.78 is 23.3. The number of nitrogens with one attached hydrogen (secondary N) is 2. The van der Waals surface area contributed by atoms with E-state index in [4.69, 9.17) is 11.6 Å². The lowest BCUT2D eigenvalue weighted by Gasteiger charge is -2.09. The summed E-state index contributed by atoms with van der Waals surface area (Å²) in [6, 6.07) is 12.7. The molecule has 0 heterocycles. The van der Waals surface area contributed by atoms with Crippen molar-refractivity contribution in [2.75, 3.05) is 19.3 Å². The minimum atomic E-state index is -3.53. The van der Waals surface area contributed by atoms with Gasteiger partial charge in [0.1, 0.15) is 0 Å². The molecule has 8 heteroatoms. The maximum atomic E-state index is 12.1. The Hall–Kier alpha value is -2.38. The molecule has 0 radical (unpaired) electrons. The highest BCUT2D eigenvalue weighted by atomic mass is 35.5. The second-order valence-corrected chi connectivity index (χ2v) is 7.69. The lowest BCUT2D eigenvalue weighted by atomic mass is 10.2. The van der Waals surface area contributed by atoms with Crippen molar-refractivity contribution in [3.63, 3.8) is 0 Å². The van der Waals surface area contributed by atoms with E-state index >= 15 is 0 Å². The monoisotopic (exact) mass is 380 g/mol. The number of amides is 2. The molecule has 2 N–H and O–H groups in total. The fourth-order valence-electron chi connectivity index (χ4n) is 2.07. The number of benzene rings is 2. The number of hydrogen-bond acceptors (Lipinski definition) is 4. The van der Waals surface area contributed by atoms with E-state index in [0.717, 1.165) is 6.26 Å². The van der Waals surface area contributed by atoms with E-state index in [9.17, 15) is 18.0 Å². The summed E-state index contributed by atoms with van der Waals surface area (Å²) in [6.07, 6.45) is 1.02. The Balaban J connectivity index is 1.90. The molecular formula is C17H17ClN2O4S. The van der Waals surface area contributed by atoms with Gasteiger partial charge in [-0.15, -0.1) is 0 Å². The topological polar surface area (TPSA) is 92.3 Å². The lowest BCUT2D eigenvalue weighted by molar-refractivity contribution is 0.0927. The molecule has 25 heavy (non-hydrogen) atoms. The standard InChI is InChI=1S/C17H17ClN2O4S/c1-25(23,24)15-11-13(7-8-14(15)18)17(22)20-10-9-19-16(21)12-5-3-2-4-6-12/h2-8,11H,9-10H2,1H3,(H,19,21)(H,20,22). The Kier molecular flexibility index (Phi) is 6.17. The molecule has 0 spiro atoms. The number of hydrogen-bond donors (Lipinski definition) is 2. The summed E-state index contributed by atoms with van der Waals surface area (Å²) in [5.41, 5.74) is 0.712. The van der Waals surface area contributed by atoms with E-state index in [1.165, 1.54) is 18.2 Å². The fraction of sp³-hybridized carbons (Fsp3) is 0.176. The maximum Gasteiger partial charge on any atom is 0.251 e. The van der Waals surface area contributed by atoms with Gasteiger partial charge in [0, 0.05) is 30.5 Å². The van der Waals surface area contributed by atoms with Crippen LogP contribution in [0.3, 0.4) is 0 Å². The van der Waals surface area contributed by atoms with Crippen molar-refractivity contribution in [1.82, 2.24) is 10.6 Å². The molecule has 0 aliphatic carbocycles. The van der Waals surface area contributed by atoms with Gasteiger partial charge >= 0.3 is 0 Å². The summed E-state index contributed by atoms with van der Waals surface area (Å²) in [4.78, 5) is 23.8. The number of carbonyl (C=O) groups is 2. The quantitative estimate of drug-likeness (QED) is 0.748. The Morgan fingerprint density at radius 3 is 2.04 bits per heavy atom. The summed E-state index contributed by atoms with van der Waals surface area (Å²) in [5, 5.41) is 5.36. The molecule has 2 rings (SSSR count). The molecule has 0 saturated carbocycles. The van der Waals surface area contributed by atoms with Crippen LogP contribution < -0.4 is 10.6 Å². The Bertz CT molecular complexity index is 883. The number of halogens is 1. The van der Waals surface area contributed by atoms with Crippen LogP contribution in [0, 0.1) is 0 Å². The first-order valence-electron chi connectivity index (χ1n) is 7.40. The molecule has 132 valence electrons. The molecule has 6 nitrogen and oxygen atoms in total. The second-order valence-electron chi connectivity index (χ2n) is 5.30. The van der Waals surface area contributed by atoms with Crippen molar-refractivity contribution < 1.29 is 18.0 Å². The highest BCUT2D eigenvalue weighted by molar-refractivity contribution is 7.90. The number of sulfone groups is 1. The van der Waals surface area contributed by atoms with Gasteiger partial charge in [0.2, 0.25) is 0 Å². The Labute approximate surface area is 151 Å². The summed E-state index contributed by atoms with van der Waals surface area (Å²) in [5.74, 6) is -0.684. The summed E-state index contributed by atoms with van der Waals surface area (Å²) in [7, 11) is -3.53. The molecule has 0 atom stereocenters. The van der Waals surface area contributed by atoms with Crippen molar-refractivity contribution in [3.05, 3.63) is 64.7 Å². The summed E-state index contributed by atoms with van der Waals surface area (Å²) in [6.45, 7) is 0.445. The summed E-state index contributed by atoms with van der Waals surface area (Å²) >= 11 is 5.85. The first-order valence-corrected chi connectivity index (χ1v) is 9.67. The van der Waals surface area contributed by atoms with Gasteiger partial charge < -0.3 is 10.6 Å². The van der Waals surface area contributed by atoms with Crippen LogP contribution in [-0.4, -0.2) is 39.6 Å². The van der Waals surface area contributed by atoms with E-state index in [1.807, 2.05) is 6.07 Å². The van der Waals surface area contributed by atoms with Gasteiger partial charge in [0.15, 0.2) is 9.84 Å². The van der Waals surface area contributed by atoms with Crippen LogP contribution in [0.5, 0.6) is 0 Å². The van der Waals surface area contributed by atoms with E-state index in [0.29, 0.717) is 5.56 Å². The Morgan fingerprint density at radius 1 is 0.920 bits per heavy atom. The normalized spacial score (nSPS) is 11.0. The second kappa shape index (κ2) is 8.13. The first kappa shape index (κ1) is 19.0. The molecule has 0 aromatic heterocycles. The van der Waals surface area contributed by atoms with Crippen molar-refractivity contribution in [3.8, 4) is 0 Å². The van der Waals surface area contributed by atoms with Crippen LogP contribution >= 0.6 is 11.6 Å². The molecule has 2 amide bonds. The van der Waals surface area contributed by atoms with Crippen LogP contribution in [0.2, 0.25) is 5.02 Å². The van der Waals surface area contributed by atoms with E-state index < -0.39 is 15.7 Å². The van der Waals surface area contributed by atoms with Crippen molar-refractivity contribution in [2.24, 2.45) is 0 Å². The van der Waals surface area contributed by atoms with Gasteiger partial charge in [-0.25, -0.2) is 8.42 Å². The van der Waals surface area contributed by atoms with E-state index in [2.05, 4.69) is 10.6 Å². The van der Waals surface area contributed by atoms with Crippen molar-refractivity contribution in [2.45, 2.75) is 4.90 Å².